The Hall–Kier alpha value is -5.19. The second-order valence-electron chi connectivity index (χ2n) is 13.0. The average molecular weight is 771 g/mol. The van der Waals surface area contributed by atoms with Crippen LogP contribution in [0.4, 0.5) is 0 Å². The lowest BCUT2D eigenvalue weighted by molar-refractivity contribution is -0.142. The number of rotatable bonds is 26. The van der Waals surface area contributed by atoms with E-state index in [0.717, 1.165) is 0 Å². The number of carboxylic acid groups (broad SMARTS) is 2. The molecule has 1 rings (SSSR count). The molecule has 0 spiro atoms. The number of aromatic nitrogens is 2. The van der Waals surface area contributed by atoms with Gasteiger partial charge in [0.15, 0.2) is 0 Å². The minimum atomic E-state index is -1.73. The van der Waals surface area contributed by atoms with Crippen molar-refractivity contribution in [2.75, 3.05) is 19.8 Å². The Kier molecular flexibility index (Phi) is 21.0. The molecule has 1 heterocycles. The predicted octanol–water partition coefficient (Wildman–Crippen LogP) is -4.68. The summed E-state index contributed by atoms with van der Waals surface area (Å²) in [5.74, 6) is -8.45. The molecule has 0 radical (unpaired) electrons. The van der Waals surface area contributed by atoms with Gasteiger partial charge in [-0.1, -0.05) is 13.8 Å². The summed E-state index contributed by atoms with van der Waals surface area (Å²) in [7, 11) is 0. The maximum Gasteiger partial charge on any atom is 0.325 e. The zero-order chi connectivity index (χ0) is 41.0. The van der Waals surface area contributed by atoms with E-state index in [1.54, 1.807) is 13.8 Å². The van der Waals surface area contributed by atoms with Gasteiger partial charge in [0.05, 0.1) is 19.5 Å². The third-order valence-electron chi connectivity index (χ3n) is 7.89. The first-order chi connectivity index (χ1) is 25.4. The number of aliphatic hydroxyl groups excluding tert-OH is 2. The second kappa shape index (κ2) is 24.2. The number of nitrogens with zero attached hydrogens (tertiary/aromatic N) is 1. The fourth-order valence-corrected chi connectivity index (χ4v) is 4.85. The predicted molar refractivity (Wildman–Crippen MR) is 189 cm³/mol. The fraction of sp³-hybridized carbons (Fsp3) is 0.656. The van der Waals surface area contributed by atoms with Crippen molar-refractivity contribution in [1.29, 1.82) is 0 Å². The number of hydrogen-bond donors (Lipinski definition) is 13. The molecule has 1 aromatic heterocycles. The minimum Gasteiger partial charge on any atom is -0.481 e. The zero-order valence-corrected chi connectivity index (χ0v) is 30.5. The molecule has 6 amide bonds. The molecule has 0 saturated heterocycles. The minimum absolute atomic E-state index is 0.0341. The van der Waals surface area contributed by atoms with E-state index in [9.17, 15) is 58.8 Å². The largest absolute Gasteiger partial charge is 0.481 e. The summed E-state index contributed by atoms with van der Waals surface area (Å²) < 4.78 is 0. The zero-order valence-electron chi connectivity index (χ0n) is 30.5. The summed E-state index contributed by atoms with van der Waals surface area (Å²) in [5.41, 5.74) is 11.5. The van der Waals surface area contributed by atoms with Crippen LogP contribution in [0, 0.1) is 5.92 Å². The summed E-state index contributed by atoms with van der Waals surface area (Å²) in [6.45, 7) is 3.30. The van der Waals surface area contributed by atoms with Gasteiger partial charge in [0.1, 0.15) is 42.3 Å². The first-order valence-electron chi connectivity index (χ1n) is 17.3. The average Bonchev–Trinajstić information content (AvgIpc) is 3.63. The third kappa shape index (κ3) is 17.1. The molecular formula is C32H54N10O12. The Balaban J connectivity index is 3.24. The highest BCUT2D eigenvalue weighted by molar-refractivity contribution is 5.97. The van der Waals surface area contributed by atoms with E-state index in [4.69, 9.17) is 11.5 Å². The molecule has 0 saturated carbocycles. The van der Waals surface area contributed by atoms with E-state index in [-0.39, 0.29) is 25.2 Å². The number of carbonyl (C=O) groups is 8. The Morgan fingerprint density at radius 1 is 0.704 bits per heavy atom. The van der Waals surface area contributed by atoms with Gasteiger partial charge in [0, 0.05) is 24.7 Å². The number of nitrogens with two attached hydrogens (primary N) is 2. The van der Waals surface area contributed by atoms with Crippen molar-refractivity contribution in [3.05, 3.63) is 18.2 Å². The maximum atomic E-state index is 13.6. The summed E-state index contributed by atoms with van der Waals surface area (Å²) in [4.78, 5) is 108. The highest BCUT2D eigenvalue weighted by atomic mass is 16.4. The van der Waals surface area contributed by atoms with Crippen LogP contribution in [0.15, 0.2) is 12.5 Å². The monoisotopic (exact) mass is 770 g/mol. The van der Waals surface area contributed by atoms with Gasteiger partial charge in [0.25, 0.3) is 0 Å². The molecule has 22 heteroatoms. The van der Waals surface area contributed by atoms with Crippen LogP contribution < -0.4 is 43.4 Å². The molecule has 7 atom stereocenters. The van der Waals surface area contributed by atoms with Crippen molar-refractivity contribution < 1.29 is 58.8 Å². The van der Waals surface area contributed by atoms with E-state index in [1.807, 2.05) is 0 Å². The van der Waals surface area contributed by atoms with Gasteiger partial charge >= 0.3 is 11.9 Å². The summed E-state index contributed by atoms with van der Waals surface area (Å²) in [6.07, 6.45) is 2.44. The lowest BCUT2D eigenvalue weighted by Crippen LogP contribution is -2.60. The van der Waals surface area contributed by atoms with Crippen LogP contribution in [0.5, 0.6) is 0 Å². The van der Waals surface area contributed by atoms with Gasteiger partial charge in [-0.3, -0.25) is 38.4 Å². The van der Waals surface area contributed by atoms with Crippen LogP contribution in [0.2, 0.25) is 0 Å². The molecule has 0 unspecified atom stereocenters. The topological polar surface area (TPSA) is 370 Å². The molecule has 0 aliphatic carbocycles. The number of hydrogen-bond acceptors (Lipinski definition) is 13. The van der Waals surface area contributed by atoms with E-state index in [1.165, 1.54) is 19.4 Å². The number of unbranched alkanes of at least 4 members (excludes halogenated alkanes) is 1. The normalized spacial score (nSPS) is 15.0. The number of aromatic amines is 1. The number of H-pyrrole nitrogens is 1. The van der Waals surface area contributed by atoms with Gasteiger partial charge in [-0.25, -0.2) is 4.98 Å². The number of nitrogens with one attached hydrogen (secondary N) is 7. The molecule has 0 aliphatic rings. The maximum absolute atomic E-state index is 13.6. The molecule has 304 valence electrons. The lowest BCUT2D eigenvalue weighted by atomic mass is 10.0. The van der Waals surface area contributed by atoms with E-state index in [2.05, 4.69) is 41.9 Å². The number of carboxylic acids is 2. The molecule has 0 fully saturated rings. The molecule has 54 heavy (non-hydrogen) atoms. The molecular weight excluding hydrogens is 716 g/mol. The van der Waals surface area contributed by atoms with Crippen molar-refractivity contribution in [3.8, 4) is 0 Å². The van der Waals surface area contributed by atoms with Crippen LogP contribution in [-0.4, -0.2) is 140 Å². The number of aliphatic carboxylic acids is 2. The summed E-state index contributed by atoms with van der Waals surface area (Å²) in [5, 5.41) is 52.0. The molecule has 0 aliphatic heterocycles. The van der Waals surface area contributed by atoms with Gasteiger partial charge < -0.3 is 68.8 Å². The summed E-state index contributed by atoms with van der Waals surface area (Å²) >= 11 is 0. The third-order valence-corrected chi connectivity index (χ3v) is 7.89. The van der Waals surface area contributed by atoms with E-state index in [0.29, 0.717) is 25.1 Å². The standard InChI is InChI=1S/C32H54N10O12/c1-16(2)10-22(40-27(48)20(6-4-5-9-33)38-26(47)19(34)13-43)30(51)39-21(7-8-25(45)46)28(49)42-24(14-44)31(52)41-23(11-18-12-35-15-36-18)29(50)37-17(3)32(53)54/h12,15-17,19-24,43-44H,4-11,13-14,33-34H2,1-3H3,(H,35,36)(H,37,50)(H,38,47)(H,39,51)(H,40,48)(H,41,52)(H,42,49)(H,45,46)(H,53,54)/t17-,19-,20-,21-,22-,23-,24-/m0/s1. The van der Waals surface area contributed by atoms with E-state index < -0.39 is 116 Å². The van der Waals surface area contributed by atoms with Gasteiger partial charge in [-0.15, -0.1) is 0 Å². The van der Waals surface area contributed by atoms with Crippen molar-refractivity contribution in [1.82, 2.24) is 41.9 Å². The number of imidazole rings is 1. The van der Waals surface area contributed by atoms with Crippen molar-refractivity contribution >= 4 is 47.4 Å². The molecule has 15 N–H and O–H groups in total. The Morgan fingerprint density at radius 3 is 1.74 bits per heavy atom. The summed E-state index contributed by atoms with van der Waals surface area (Å²) in [6, 6.07) is -9.87. The number of carbonyl (C=O) groups excluding carboxylic acids is 6. The Morgan fingerprint density at radius 2 is 1.22 bits per heavy atom. The highest BCUT2D eigenvalue weighted by Gasteiger charge is 2.34. The van der Waals surface area contributed by atoms with Crippen LogP contribution in [0.1, 0.15) is 65.0 Å². The van der Waals surface area contributed by atoms with Gasteiger partial charge in [0.2, 0.25) is 35.4 Å². The molecule has 1 aromatic rings. The fourth-order valence-electron chi connectivity index (χ4n) is 4.85. The quantitative estimate of drug-likeness (QED) is 0.0394. The van der Waals surface area contributed by atoms with Crippen molar-refractivity contribution in [2.45, 2.75) is 108 Å². The number of amides is 6. The van der Waals surface area contributed by atoms with Crippen molar-refractivity contribution in [2.24, 2.45) is 17.4 Å². The molecule has 0 bridgehead atoms. The smallest absolute Gasteiger partial charge is 0.325 e. The van der Waals surface area contributed by atoms with Crippen LogP contribution in [0.25, 0.3) is 0 Å². The highest BCUT2D eigenvalue weighted by Crippen LogP contribution is 2.10. The van der Waals surface area contributed by atoms with Crippen molar-refractivity contribution in [3.63, 3.8) is 0 Å². The number of aliphatic hydroxyl groups is 2. The van der Waals surface area contributed by atoms with Crippen LogP contribution >= 0.6 is 0 Å². The van der Waals surface area contributed by atoms with E-state index >= 15 is 0 Å². The van der Waals surface area contributed by atoms with Gasteiger partial charge in [-0.2, -0.15) is 0 Å². The Bertz CT molecular complexity index is 1410. The van der Waals surface area contributed by atoms with Crippen LogP contribution in [0.3, 0.4) is 0 Å². The van der Waals surface area contributed by atoms with Gasteiger partial charge in [-0.05, 0) is 51.5 Å². The SMILES string of the molecule is CC(C)C[C@H](NC(=O)[C@H](CCCCN)NC(=O)[C@@H](N)CO)C(=O)N[C@@H](CCC(=O)O)C(=O)N[C@@H](CO)C(=O)N[C@@H](Cc1cnc[nH]1)C(=O)N[C@@H](C)C(=O)O. The second-order valence-corrected chi connectivity index (χ2v) is 13.0. The lowest BCUT2D eigenvalue weighted by Gasteiger charge is -2.27. The first-order valence-corrected chi connectivity index (χ1v) is 17.3. The molecule has 0 aromatic carbocycles. The van der Waals surface area contributed by atoms with Crippen LogP contribution in [-0.2, 0) is 44.8 Å². The first kappa shape index (κ1) is 46.8. The Labute approximate surface area is 311 Å². The molecule has 22 nitrogen and oxygen atoms in total.